The van der Waals surface area contributed by atoms with Crippen molar-refractivity contribution in [1.29, 1.82) is 0 Å². The van der Waals surface area contributed by atoms with Crippen LogP contribution in [-0.2, 0) is 4.74 Å². The van der Waals surface area contributed by atoms with Crippen molar-refractivity contribution in [2.24, 2.45) is 5.92 Å². The molecule has 0 aromatic rings. The summed E-state index contributed by atoms with van der Waals surface area (Å²) in [6.07, 6.45) is 10.4. The van der Waals surface area contributed by atoms with E-state index in [0.29, 0.717) is 6.04 Å². The van der Waals surface area contributed by atoms with E-state index in [4.69, 9.17) is 4.74 Å². The van der Waals surface area contributed by atoms with Gasteiger partial charge in [0.15, 0.2) is 0 Å². The number of hydrogen-bond donors (Lipinski definition) is 1. The van der Waals surface area contributed by atoms with Crippen molar-refractivity contribution in [3.63, 3.8) is 0 Å². The average molecular weight is 241 g/mol. The van der Waals surface area contributed by atoms with Gasteiger partial charge in [-0.1, -0.05) is 52.4 Å². The molecule has 0 aliphatic heterocycles. The van der Waals surface area contributed by atoms with Gasteiger partial charge in [-0.2, -0.15) is 0 Å². The van der Waals surface area contributed by atoms with Crippen molar-refractivity contribution in [3.05, 3.63) is 0 Å². The van der Waals surface area contributed by atoms with Crippen LogP contribution in [0.2, 0.25) is 0 Å². The Labute approximate surface area is 108 Å². The lowest BCUT2D eigenvalue weighted by molar-refractivity contribution is -0.0670. The largest absolute Gasteiger partial charge is 0.377 e. The molecule has 1 rings (SSSR count). The summed E-state index contributed by atoms with van der Waals surface area (Å²) in [7, 11) is 4.02. The zero-order chi connectivity index (χ0) is 12.7. The predicted molar refractivity (Wildman–Crippen MR) is 74.4 cm³/mol. The molecule has 0 bridgehead atoms. The van der Waals surface area contributed by atoms with Gasteiger partial charge in [0, 0.05) is 13.2 Å². The Hall–Kier alpha value is -0.0800. The quantitative estimate of drug-likeness (QED) is 0.715. The van der Waals surface area contributed by atoms with Crippen molar-refractivity contribution >= 4 is 0 Å². The lowest BCUT2D eigenvalue weighted by Gasteiger charge is -2.43. The van der Waals surface area contributed by atoms with E-state index in [0.717, 1.165) is 5.92 Å². The van der Waals surface area contributed by atoms with E-state index >= 15 is 0 Å². The normalized spacial score (nSPS) is 22.4. The van der Waals surface area contributed by atoms with Gasteiger partial charge in [-0.05, 0) is 25.8 Å². The summed E-state index contributed by atoms with van der Waals surface area (Å²) >= 11 is 0. The number of rotatable bonds is 6. The molecule has 0 radical (unpaired) electrons. The second kappa shape index (κ2) is 7.38. The monoisotopic (exact) mass is 241 g/mol. The molecule has 1 saturated carbocycles. The second-order valence-corrected chi connectivity index (χ2v) is 5.53. The molecule has 0 aromatic heterocycles. The van der Waals surface area contributed by atoms with Crippen LogP contribution in [0, 0.1) is 5.92 Å². The van der Waals surface area contributed by atoms with Crippen molar-refractivity contribution < 1.29 is 4.74 Å². The van der Waals surface area contributed by atoms with E-state index in [9.17, 15) is 0 Å². The van der Waals surface area contributed by atoms with E-state index in [2.05, 4.69) is 26.2 Å². The minimum atomic E-state index is 0.0853. The van der Waals surface area contributed by atoms with Crippen LogP contribution in [0.3, 0.4) is 0 Å². The van der Waals surface area contributed by atoms with Crippen molar-refractivity contribution in [2.45, 2.75) is 76.9 Å². The maximum absolute atomic E-state index is 6.03. The molecule has 1 aliphatic carbocycles. The van der Waals surface area contributed by atoms with Crippen LogP contribution in [0.25, 0.3) is 0 Å². The fourth-order valence-electron chi connectivity index (χ4n) is 3.66. The zero-order valence-corrected chi connectivity index (χ0v) is 12.2. The van der Waals surface area contributed by atoms with Gasteiger partial charge in [-0.15, -0.1) is 0 Å². The lowest BCUT2D eigenvalue weighted by Crippen LogP contribution is -2.54. The summed E-state index contributed by atoms with van der Waals surface area (Å²) in [6, 6.07) is 0.514. The Balaban J connectivity index is 2.85. The number of nitrogens with one attached hydrogen (secondary N) is 1. The first-order valence-electron chi connectivity index (χ1n) is 7.46. The van der Waals surface area contributed by atoms with Gasteiger partial charge in [0.1, 0.15) is 0 Å². The predicted octanol–water partition coefficient (Wildman–Crippen LogP) is 3.75. The highest BCUT2D eigenvalue weighted by molar-refractivity contribution is 4.96. The SMILES string of the molecule is CCC(CC)C(NC)C1(OC)CCCCCC1. The van der Waals surface area contributed by atoms with Crippen LogP contribution < -0.4 is 5.32 Å². The highest BCUT2D eigenvalue weighted by Gasteiger charge is 2.41. The van der Waals surface area contributed by atoms with E-state index < -0.39 is 0 Å². The summed E-state index contributed by atoms with van der Waals surface area (Å²) in [4.78, 5) is 0. The Morgan fingerprint density at radius 2 is 1.59 bits per heavy atom. The van der Waals surface area contributed by atoms with Crippen LogP contribution in [0.15, 0.2) is 0 Å². The number of methoxy groups -OCH3 is 1. The van der Waals surface area contributed by atoms with E-state index in [1.165, 1.54) is 51.4 Å². The molecule has 1 N–H and O–H groups in total. The third kappa shape index (κ3) is 3.45. The van der Waals surface area contributed by atoms with Crippen LogP contribution in [0.5, 0.6) is 0 Å². The summed E-state index contributed by atoms with van der Waals surface area (Å²) in [6.45, 7) is 4.61. The second-order valence-electron chi connectivity index (χ2n) is 5.53. The van der Waals surface area contributed by atoms with Crippen LogP contribution in [0.1, 0.15) is 65.2 Å². The number of likely N-dealkylation sites (N-methyl/N-ethyl adjacent to an activating group) is 1. The molecule has 1 atom stereocenters. The fourth-order valence-corrected chi connectivity index (χ4v) is 3.66. The molecule has 2 nitrogen and oxygen atoms in total. The minimum absolute atomic E-state index is 0.0853. The van der Waals surface area contributed by atoms with Gasteiger partial charge >= 0.3 is 0 Å². The summed E-state index contributed by atoms with van der Waals surface area (Å²) < 4.78 is 6.03. The molecule has 0 aromatic carbocycles. The molecule has 0 heterocycles. The average Bonchev–Trinajstić information content (AvgIpc) is 2.62. The molecule has 0 spiro atoms. The van der Waals surface area contributed by atoms with Crippen molar-refractivity contribution in [2.75, 3.05) is 14.2 Å². The number of hydrogen-bond acceptors (Lipinski definition) is 2. The van der Waals surface area contributed by atoms with Crippen molar-refractivity contribution in [1.82, 2.24) is 5.32 Å². The van der Waals surface area contributed by atoms with E-state index in [1.54, 1.807) is 0 Å². The van der Waals surface area contributed by atoms with Gasteiger partial charge in [-0.25, -0.2) is 0 Å². The lowest BCUT2D eigenvalue weighted by atomic mass is 9.77. The van der Waals surface area contributed by atoms with Gasteiger partial charge in [-0.3, -0.25) is 0 Å². The molecular formula is C15H31NO. The van der Waals surface area contributed by atoms with Crippen molar-refractivity contribution in [3.8, 4) is 0 Å². The highest BCUT2D eigenvalue weighted by Crippen LogP contribution is 2.37. The first kappa shape index (κ1) is 15.0. The minimum Gasteiger partial charge on any atom is -0.377 e. The molecule has 0 saturated heterocycles. The van der Waals surface area contributed by atoms with Crippen LogP contribution in [-0.4, -0.2) is 25.8 Å². The molecule has 2 heteroatoms. The summed E-state index contributed by atoms with van der Waals surface area (Å²) in [5.41, 5.74) is 0.0853. The van der Waals surface area contributed by atoms with Gasteiger partial charge in [0.05, 0.1) is 5.60 Å². The third-order valence-corrected chi connectivity index (χ3v) is 4.75. The van der Waals surface area contributed by atoms with Crippen LogP contribution in [0.4, 0.5) is 0 Å². The molecule has 1 unspecified atom stereocenters. The molecule has 1 fully saturated rings. The Morgan fingerprint density at radius 3 is 1.94 bits per heavy atom. The molecule has 102 valence electrons. The topological polar surface area (TPSA) is 21.3 Å². The van der Waals surface area contributed by atoms with E-state index in [1.807, 2.05) is 7.11 Å². The van der Waals surface area contributed by atoms with Gasteiger partial charge in [0.25, 0.3) is 0 Å². The van der Waals surface area contributed by atoms with Crippen LogP contribution >= 0.6 is 0 Å². The Kier molecular flexibility index (Phi) is 6.50. The number of ether oxygens (including phenoxy) is 1. The Morgan fingerprint density at radius 1 is 1.06 bits per heavy atom. The van der Waals surface area contributed by atoms with E-state index in [-0.39, 0.29) is 5.60 Å². The first-order chi connectivity index (χ1) is 8.24. The highest BCUT2D eigenvalue weighted by atomic mass is 16.5. The Bertz CT molecular complexity index is 193. The smallest absolute Gasteiger partial charge is 0.0833 e. The summed E-state index contributed by atoms with van der Waals surface area (Å²) in [5, 5.41) is 3.57. The zero-order valence-electron chi connectivity index (χ0n) is 12.2. The maximum atomic E-state index is 6.03. The molecule has 1 aliphatic rings. The third-order valence-electron chi connectivity index (χ3n) is 4.75. The first-order valence-corrected chi connectivity index (χ1v) is 7.46. The molecular weight excluding hydrogens is 210 g/mol. The molecule has 0 amide bonds. The molecule has 17 heavy (non-hydrogen) atoms. The standard InChI is InChI=1S/C15H31NO/c1-5-13(6-2)14(16-3)15(17-4)11-9-7-8-10-12-15/h13-14,16H,5-12H2,1-4H3. The van der Waals surface area contributed by atoms with Gasteiger partial charge in [0.2, 0.25) is 0 Å². The fraction of sp³-hybridized carbons (Fsp3) is 1.00. The maximum Gasteiger partial charge on any atom is 0.0833 e. The summed E-state index contributed by atoms with van der Waals surface area (Å²) in [5.74, 6) is 0.734. The van der Waals surface area contributed by atoms with Gasteiger partial charge < -0.3 is 10.1 Å².